The molecule has 0 amide bonds. The highest BCUT2D eigenvalue weighted by Gasteiger charge is 2.17. The van der Waals surface area contributed by atoms with Gasteiger partial charge in [-0.2, -0.15) is 0 Å². The van der Waals surface area contributed by atoms with E-state index in [-0.39, 0.29) is 6.04 Å². The Morgan fingerprint density at radius 3 is 2.33 bits per heavy atom. The molecule has 0 spiro atoms. The first-order chi connectivity index (χ1) is 8.51. The average molecular weight is 324 g/mol. The number of hydrogen-bond donors (Lipinski definition) is 1. The van der Waals surface area contributed by atoms with E-state index in [9.17, 15) is 0 Å². The molecule has 3 heteroatoms. The third-order valence-corrected chi connectivity index (χ3v) is 4.70. The molecule has 1 N–H and O–H groups in total. The smallest absolute Gasteiger partial charge is 0.0671 e. The van der Waals surface area contributed by atoms with Gasteiger partial charge >= 0.3 is 0 Å². The molecule has 1 heterocycles. The van der Waals surface area contributed by atoms with E-state index in [0.29, 0.717) is 0 Å². The molecular weight excluding hydrogens is 306 g/mol. The Morgan fingerprint density at radius 2 is 1.83 bits per heavy atom. The van der Waals surface area contributed by atoms with Crippen molar-refractivity contribution < 1.29 is 0 Å². The summed E-state index contributed by atoms with van der Waals surface area (Å²) in [7, 11) is 2.02. The number of nitrogens with one attached hydrogen (secondary N) is 1. The molecule has 2 rings (SSSR count). The third kappa shape index (κ3) is 2.85. The van der Waals surface area contributed by atoms with Gasteiger partial charge in [-0.1, -0.05) is 22.0 Å². The molecule has 1 unspecified atom stereocenters. The van der Waals surface area contributed by atoms with Crippen molar-refractivity contribution in [1.29, 1.82) is 0 Å². The number of aryl methyl sites for hydroxylation is 3. The van der Waals surface area contributed by atoms with Gasteiger partial charge in [0.15, 0.2) is 0 Å². The lowest BCUT2D eigenvalue weighted by atomic mass is 10.0. The van der Waals surface area contributed by atoms with Gasteiger partial charge in [0.25, 0.3) is 0 Å². The minimum atomic E-state index is 0.278. The Labute approximate surface area is 121 Å². The quantitative estimate of drug-likeness (QED) is 0.859. The van der Waals surface area contributed by atoms with Crippen LogP contribution in [0.1, 0.15) is 32.5 Å². The van der Waals surface area contributed by atoms with Crippen LogP contribution < -0.4 is 5.32 Å². The molecule has 18 heavy (non-hydrogen) atoms. The van der Waals surface area contributed by atoms with Crippen LogP contribution in [-0.4, -0.2) is 7.05 Å². The third-order valence-electron chi connectivity index (χ3n) is 3.03. The molecule has 0 aliphatic heterocycles. The Bertz CT molecular complexity index is 539. The van der Waals surface area contributed by atoms with Gasteiger partial charge < -0.3 is 5.32 Å². The Morgan fingerprint density at radius 1 is 1.11 bits per heavy atom. The summed E-state index contributed by atoms with van der Waals surface area (Å²) in [4.78, 5) is 2.78. The van der Waals surface area contributed by atoms with Crippen molar-refractivity contribution in [2.75, 3.05) is 7.05 Å². The monoisotopic (exact) mass is 323 g/mol. The van der Waals surface area contributed by atoms with E-state index in [1.54, 1.807) is 0 Å². The van der Waals surface area contributed by atoms with Crippen LogP contribution in [0.2, 0.25) is 0 Å². The fraction of sp³-hybridized carbons (Fsp3) is 0.333. The zero-order valence-electron chi connectivity index (χ0n) is 11.2. The van der Waals surface area contributed by atoms with Gasteiger partial charge in [0.1, 0.15) is 0 Å². The fourth-order valence-electron chi connectivity index (χ4n) is 2.33. The molecule has 0 radical (unpaired) electrons. The van der Waals surface area contributed by atoms with Gasteiger partial charge in [-0.3, -0.25) is 0 Å². The maximum Gasteiger partial charge on any atom is 0.0671 e. The van der Waals surface area contributed by atoms with Gasteiger partial charge in [0.2, 0.25) is 0 Å². The summed E-state index contributed by atoms with van der Waals surface area (Å²) in [5, 5.41) is 3.43. The van der Waals surface area contributed by atoms with Crippen LogP contribution in [0.3, 0.4) is 0 Å². The van der Waals surface area contributed by atoms with Crippen LogP contribution in [-0.2, 0) is 0 Å². The van der Waals surface area contributed by atoms with Crippen molar-refractivity contribution in [2.24, 2.45) is 0 Å². The molecular formula is C15H18BrNS. The first-order valence-corrected chi connectivity index (χ1v) is 7.63. The number of hydrogen-bond acceptors (Lipinski definition) is 2. The second-order valence-corrected chi connectivity index (χ2v) is 6.89. The Kier molecular flexibility index (Phi) is 4.25. The van der Waals surface area contributed by atoms with Crippen molar-refractivity contribution in [3.8, 4) is 0 Å². The molecule has 0 saturated carbocycles. The first kappa shape index (κ1) is 13.8. The summed E-state index contributed by atoms with van der Waals surface area (Å²) in [5.74, 6) is 0. The van der Waals surface area contributed by atoms with Crippen molar-refractivity contribution in [3.63, 3.8) is 0 Å². The van der Waals surface area contributed by atoms with Crippen molar-refractivity contribution in [1.82, 2.24) is 5.32 Å². The van der Waals surface area contributed by atoms with Crippen molar-refractivity contribution in [3.05, 3.63) is 55.2 Å². The van der Waals surface area contributed by atoms with Crippen LogP contribution >= 0.6 is 27.3 Å². The van der Waals surface area contributed by atoms with Crippen LogP contribution in [0.5, 0.6) is 0 Å². The van der Waals surface area contributed by atoms with Gasteiger partial charge in [-0.05, 0) is 62.7 Å². The van der Waals surface area contributed by atoms with E-state index in [1.807, 2.05) is 18.4 Å². The highest BCUT2D eigenvalue weighted by molar-refractivity contribution is 9.10. The lowest BCUT2D eigenvalue weighted by Gasteiger charge is -2.17. The van der Waals surface area contributed by atoms with Crippen molar-refractivity contribution >= 4 is 27.3 Å². The largest absolute Gasteiger partial charge is 0.309 e. The summed E-state index contributed by atoms with van der Waals surface area (Å²) in [6.45, 7) is 6.49. The predicted octanol–water partition coefficient (Wildman–Crippen LogP) is 4.74. The molecule has 0 fully saturated rings. The minimum absolute atomic E-state index is 0.278. The van der Waals surface area contributed by atoms with Crippen molar-refractivity contribution in [2.45, 2.75) is 26.8 Å². The SMILES string of the molecule is CNC(c1cc(C)cc(Br)c1)c1sc(C)cc1C. The molecule has 0 aliphatic rings. The minimum Gasteiger partial charge on any atom is -0.309 e. The van der Waals surface area contributed by atoms with Crippen LogP contribution in [0.15, 0.2) is 28.7 Å². The van der Waals surface area contributed by atoms with Gasteiger partial charge in [0.05, 0.1) is 6.04 Å². The summed E-state index contributed by atoms with van der Waals surface area (Å²) in [6.07, 6.45) is 0. The normalized spacial score (nSPS) is 12.7. The molecule has 1 aromatic carbocycles. The van der Waals surface area contributed by atoms with E-state index < -0.39 is 0 Å². The molecule has 1 atom stereocenters. The summed E-state index contributed by atoms with van der Waals surface area (Å²) < 4.78 is 1.14. The average Bonchev–Trinajstić information content (AvgIpc) is 2.58. The maximum atomic E-state index is 3.58. The second-order valence-electron chi connectivity index (χ2n) is 4.69. The highest BCUT2D eigenvalue weighted by atomic mass is 79.9. The Balaban J connectivity index is 2.48. The molecule has 2 aromatic rings. The molecule has 0 saturated heterocycles. The van der Waals surface area contributed by atoms with E-state index >= 15 is 0 Å². The lowest BCUT2D eigenvalue weighted by molar-refractivity contribution is 0.699. The molecule has 1 aromatic heterocycles. The van der Waals surface area contributed by atoms with Crippen LogP contribution in [0.25, 0.3) is 0 Å². The van der Waals surface area contributed by atoms with Crippen LogP contribution in [0, 0.1) is 20.8 Å². The Hall–Kier alpha value is -0.640. The number of rotatable bonds is 3. The van der Waals surface area contributed by atoms with Gasteiger partial charge in [-0.25, -0.2) is 0 Å². The first-order valence-electron chi connectivity index (χ1n) is 6.02. The number of thiophene rings is 1. The fourth-order valence-corrected chi connectivity index (χ4v) is 4.13. The predicted molar refractivity (Wildman–Crippen MR) is 83.6 cm³/mol. The zero-order valence-corrected chi connectivity index (χ0v) is 13.6. The summed E-state index contributed by atoms with van der Waals surface area (Å²) in [5.41, 5.74) is 3.97. The zero-order chi connectivity index (χ0) is 13.3. The number of halogens is 1. The summed E-state index contributed by atoms with van der Waals surface area (Å²) >= 11 is 5.46. The highest BCUT2D eigenvalue weighted by Crippen LogP contribution is 2.33. The van der Waals surface area contributed by atoms with E-state index in [4.69, 9.17) is 0 Å². The maximum absolute atomic E-state index is 3.58. The molecule has 96 valence electrons. The standard InChI is InChI=1S/C15H18BrNS/c1-9-5-12(8-13(16)6-9)14(17-4)15-10(2)7-11(3)18-15/h5-8,14,17H,1-4H3. The van der Waals surface area contributed by atoms with E-state index in [1.165, 1.54) is 26.4 Å². The number of benzene rings is 1. The van der Waals surface area contributed by atoms with Crippen LogP contribution in [0.4, 0.5) is 0 Å². The topological polar surface area (TPSA) is 12.0 Å². The molecule has 1 nitrogen and oxygen atoms in total. The van der Waals surface area contributed by atoms with Gasteiger partial charge in [-0.15, -0.1) is 11.3 Å². The van der Waals surface area contributed by atoms with E-state index in [0.717, 1.165) is 4.47 Å². The lowest BCUT2D eigenvalue weighted by Crippen LogP contribution is -2.17. The summed E-state index contributed by atoms with van der Waals surface area (Å²) in [6, 6.07) is 9.13. The second kappa shape index (κ2) is 5.55. The molecule has 0 aliphatic carbocycles. The molecule has 0 bridgehead atoms. The van der Waals surface area contributed by atoms with Gasteiger partial charge in [0, 0.05) is 14.2 Å². The van der Waals surface area contributed by atoms with E-state index in [2.05, 4.69) is 66.3 Å².